The van der Waals surface area contributed by atoms with E-state index in [4.69, 9.17) is 11.6 Å². The Hall–Kier alpha value is -1.99. The molecule has 0 aliphatic carbocycles. The third-order valence-electron chi connectivity index (χ3n) is 2.50. The summed E-state index contributed by atoms with van der Waals surface area (Å²) >= 11 is 6.04. The fraction of sp³-hybridized carbons (Fsp3) is 0. The Morgan fingerprint density at radius 1 is 1.14 bits per heavy atom. The predicted octanol–water partition coefficient (Wildman–Crippen LogP) is 4.40. The lowest BCUT2D eigenvalue weighted by Gasteiger charge is -2.05. The average Bonchev–Trinajstić information content (AvgIpc) is 2.41. The summed E-state index contributed by atoms with van der Waals surface area (Å²) in [4.78, 5) is 21.4. The molecule has 21 heavy (non-hydrogen) atoms. The van der Waals surface area contributed by atoms with E-state index < -0.39 is 21.8 Å². The van der Waals surface area contributed by atoms with E-state index in [0.717, 1.165) is 18.2 Å². The van der Waals surface area contributed by atoms with E-state index in [1.54, 1.807) is 0 Å². The Kier molecular flexibility index (Phi) is 4.54. The van der Waals surface area contributed by atoms with Crippen molar-refractivity contribution in [1.29, 1.82) is 0 Å². The molecule has 0 radical (unpaired) electrons. The summed E-state index contributed by atoms with van der Waals surface area (Å²) < 4.78 is 26.4. The van der Waals surface area contributed by atoms with Gasteiger partial charge in [0.15, 0.2) is 0 Å². The number of carbonyl (C=O) groups is 1. The maximum absolute atomic E-state index is 13.6. The predicted molar refractivity (Wildman–Crippen MR) is 73.8 cm³/mol. The number of nitro benzene ring substituents is 1. The number of hydrogen-bond acceptors (Lipinski definition) is 4. The number of hydrogen-bond donors (Lipinski definition) is 0. The van der Waals surface area contributed by atoms with Gasteiger partial charge in [0.2, 0.25) is 0 Å². The lowest BCUT2D eigenvalue weighted by molar-refractivity contribution is -0.387. The van der Waals surface area contributed by atoms with E-state index >= 15 is 0 Å². The van der Waals surface area contributed by atoms with Gasteiger partial charge in [-0.15, -0.1) is 0 Å². The van der Waals surface area contributed by atoms with E-state index in [9.17, 15) is 23.7 Å². The van der Waals surface area contributed by atoms with Crippen molar-refractivity contribution >= 4 is 34.3 Å². The summed E-state index contributed by atoms with van der Waals surface area (Å²) in [6.45, 7) is 0. The first-order chi connectivity index (χ1) is 9.88. The first-order valence-corrected chi connectivity index (χ1v) is 6.69. The van der Waals surface area contributed by atoms with Crippen LogP contribution in [-0.2, 0) is 0 Å². The highest BCUT2D eigenvalue weighted by Gasteiger charge is 2.18. The normalized spacial score (nSPS) is 10.4. The zero-order chi connectivity index (χ0) is 15.6. The minimum atomic E-state index is -0.850. The molecule has 0 aliphatic rings. The van der Waals surface area contributed by atoms with Crippen LogP contribution in [0.4, 0.5) is 14.5 Å². The standard InChI is InChI=1S/C13H6ClF2NO3S/c14-13(18)7-1-3-10(17(19)20)12(5-7)21-11-4-2-8(15)6-9(11)16/h1-6H. The minimum Gasteiger partial charge on any atom is -0.276 e. The topological polar surface area (TPSA) is 60.2 Å². The number of nitro groups is 1. The van der Waals surface area contributed by atoms with Crippen molar-refractivity contribution in [2.24, 2.45) is 0 Å². The van der Waals surface area contributed by atoms with Crippen LogP contribution in [0.3, 0.4) is 0 Å². The van der Waals surface area contributed by atoms with E-state index in [-0.39, 0.29) is 21.0 Å². The molecule has 0 saturated heterocycles. The van der Waals surface area contributed by atoms with E-state index in [0.29, 0.717) is 17.8 Å². The highest BCUT2D eigenvalue weighted by molar-refractivity contribution is 7.99. The zero-order valence-corrected chi connectivity index (χ0v) is 11.8. The number of halogens is 3. The van der Waals surface area contributed by atoms with Crippen molar-refractivity contribution in [2.45, 2.75) is 9.79 Å². The Morgan fingerprint density at radius 3 is 2.43 bits per heavy atom. The lowest BCUT2D eigenvalue weighted by atomic mass is 10.2. The Labute approximate surface area is 126 Å². The van der Waals surface area contributed by atoms with Gasteiger partial charge >= 0.3 is 0 Å². The molecule has 2 aromatic rings. The summed E-state index contributed by atoms with van der Waals surface area (Å²) in [6.07, 6.45) is 0. The Balaban J connectivity index is 2.48. The number of rotatable bonds is 4. The fourth-order valence-electron chi connectivity index (χ4n) is 1.55. The van der Waals surface area contributed by atoms with Crippen molar-refractivity contribution in [3.63, 3.8) is 0 Å². The van der Waals surface area contributed by atoms with Gasteiger partial charge < -0.3 is 0 Å². The molecule has 108 valence electrons. The van der Waals surface area contributed by atoms with Crippen LogP contribution in [0.2, 0.25) is 0 Å². The Morgan fingerprint density at radius 2 is 1.86 bits per heavy atom. The molecule has 0 saturated carbocycles. The molecule has 0 atom stereocenters. The molecule has 0 spiro atoms. The van der Waals surface area contributed by atoms with Crippen molar-refractivity contribution in [3.05, 3.63) is 63.7 Å². The van der Waals surface area contributed by atoms with Gasteiger partial charge in [-0.2, -0.15) is 0 Å². The molecule has 2 rings (SSSR count). The highest BCUT2D eigenvalue weighted by atomic mass is 35.5. The fourth-order valence-corrected chi connectivity index (χ4v) is 2.63. The largest absolute Gasteiger partial charge is 0.283 e. The zero-order valence-electron chi connectivity index (χ0n) is 10.2. The summed E-state index contributed by atoms with van der Waals surface area (Å²) in [5.74, 6) is -1.60. The van der Waals surface area contributed by atoms with Crippen LogP contribution in [0.25, 0.3) is 0 Å². The van der Waals surface area contributed by atoms with Crippen LogP contribution in [0.15, 0.2) is 46.2 Å². The monoisotopic (exact) mass is 329 g/mol. The summed E-state index contributed by atoms with van der Waals surface area (Å²) in [7, 11) is 0. The van der Waals surface area contributed by atoms with Crippen LogP contribution < -0.4 is 0 Å². The average molecular weight is 330 g/mol. The molecule has 0 aliphatic heterocycles. The molecule has 2 aromatic carbocycles. The molecule has 8 heteroatoms. The van der Waals surface area contributed by atoms with Gasteiger partial charge in [0.1, 0.15) is 11.6 Å². The summed E-state index contributed by atoms with van der Waals surface area (Å²) in [5, 5.41) is 10.2. The van der Waals surface area contributed by atoms with E-state index in [1.165, 1.54) is 12.1 Å². The molecule has 0 heterocycles. The second-order valence-electron chi connectivity index (χ2n) is 3.89. The van der Waals surface area contributed by atoms with Crippen molar-refractivity contribution in [2.75, 3.05) is 0 Å². The van der Waals surface area contributed by atoms with Gasteiger partial charge in [-0.3, -0.25) is 14.9 Å². The van der Waals surface area contributed by atoms with Gasteiger partial charge in [-0.05, 0) is 35.9 Å². The highest BCUT2D eigenvalue weighted by Crippen LogP contribution is 2.37. The Bertz CT molecular complexity index is 739. The van der Waals surface area contributed by atoms with Crippen LogP contribution in [-0.4, -0.2) is 10.2 Å². The first kappa shape index (κ1) is 15.4. The molecule has 4 nitrogen and oxygen atoms in total. The van der Waals surface area contributed by atoms with Crippen molar-refractivity contribution in [1.82, 2.24) is 0 Å². The van der Waals surface area contributed by atoms with Gasteiger partial charge in [0.25, 0.3) is 10.9 Å². The van der Waals surface area contributed by atoms with Crippen LogP contribution in [0.1, 0.15) is 10.4 Å². The van der Waals surface area contributed by atoms with Gasteiger partial charge in [0.05, 0.1) is 9.82 Å². The second-order valence-corrected chi connectivity index (χ2v) is 5.32. The van der Waals surface area contributed by atoms with Crippen molar-refractivity contribution in [3.8, 4) is 0 Å². The van der Waals surface area contributed by atoms with Crippen LogP contribution >= 0.6 is 23.4 Å². The smallest absolute Gasteiger partial charge is 0.276 e. The number of benzene rings is 2. The maximum Gasteiger partial charge on any atom is 0.283 e. The summed E-state index contributed by atoms with van der Waals surface area (Å²) in [6, 6.07) is 6.38. The lowest BCUT2D eigenvalue weighted by Crippen LogP contribution is -1.95. The van der Waals surface area contributed by atoms with E-state index in [1.807, 2.05) is 0 Å². The quantitative estimate of drug-likeness (QED) is 0.474. The van der Waals surface area contributed by atoms with E-state index in [2.05, 4.69) is 0 Å². The molecule has 0 aromatic heterocycles. The molecular weight excluding hydrogens is 324 g/mol. The minimum absolute atomic E-state index is 0.00123. The summed E-state index contributed by atoms with van der Waals surface area (Å²) in [5.41, 5.74) is -0.252. The third kappa shape index (κ3) is 3.56. The second kappa shape index (κ2) is 6.19. The number of nitrogens with zero attached hydrogens (tertiary/aromatic N) is 1. The molecule has 0 unspecified atom stereocenters. The van der Waals surface area contributed by atoms with Gasteiger partial charge in [-0.25, -0.2) is 8.78 Å². The first-order valence-electron chi connectivity index (χ1n) is 5.49. The number of carbonyl (C=O) groups excluding carboxylic acids is 1. The SMILES string of the molecule is O=C(Cl)c1ccc([N+](=O)[O-])c(Sc2ccc(F)cc2F)c1. The molecule has 0 fully saturated rings. The van der Waals surface area contributed by atoms with Gasteiger partial charge in [-0.1, -0.05) is 11.8 Å². The maximum atomic E-state index is 13.6. The van der Waals surface area contributed by atoms with Crippen molar-refractivity contribution < 1.29 is 18.5 Å². The molecular formula is C13H6ClF2NO3S. The molecule has 0 bridgehead atoms. The molecule has 0 N–H and O–H groups in total. The van der Waals surface area contributed by atoms with Gasteiger partial charge in [0, 0.05) is 22.6 Å². The van der Waals surface area contributed by atoms with Crippen LogP contribution in [0.5, 0.6) is 0 Å². The van der Waals surface area contributed by atoms with Crippen LogP contribution in [0, 0.1) is 21.7 Å². The molecule has 0 amide bonds. The third-order valence-corrected chi connectivity index (χ3v) is 3.81.